The minimum absolute atomic E-state index is 0.140. The molecule has 0 fully saturated rings. The van der Waals surface area contributed by atoms with Crippen molar-refractivity contribution in [1.29, 1.82) is 0 Å². The molecule has 0 atom stereocenters. The second-order valence-corrected chi connectivity index (χ2v) is 4.62. The molecule has 0 aliphatic heterocycles. The van der Waals surface area contributed by atoms with E-state index >= 15 is 0 Å². The second-order valence-electron chi connectivity index (χ2n) is 4.62. The third kappa shape index (κ3) is 4.08. The first-order valence-corrected chi connectivity index (χ1v) is 6.92. The van der Waals surface area contributed by atoms with Crippen molar-refractivity contribution in [1.82, 2.24) is 0 Å². The third-order valence-electron chi connectivity index (χ3n) is 3.21. The van der Waals surface area contributed by atoms with Crippen LogP contribution in [0.25, 0.3) is 0 Å². The van der Waals surface area contributed by atoms with E-state index in [-0.39, 0.29) is 12.4 Å². The first kappa shape index (κ1) is 15.1. The maximum Gasteiger partial charge on any atom is 0.146 e. The number of halogens is 1. The number of aliphatic hydroxyl groups is 1. The summed E-state index contributed by atoms with van der Waals surface area (Å²) in [7, 11) is 0. The van der Waals surface area contributed by atoms with Crippen molar-refractivity contribution in [2.24, 2.45) is 0 Å². The van der Waals surface area contributed by atoms with E-state index in [1.54, 1.807) is 12.1 Å². The molecule has 0 saturated carbocycles. The monoisotopic (exact) mass is 283 g/mol. The molecule has 0 aliphatic rings. The van der Waals surface area contributed by atoms with Gasteiger partial charge < -0.3 is 10.0 Å². The van der Waals surface area contributed by atoms with Crippen LogP contribution < -0.4 is 4.90 Å². The van der Waals surface area contributed by atoms with Crippen molar-refractivity contribution in [3.63, 3.8) is 0 Å². The number of hydrogen-bond acceptors (Lipinski definition) is 2. The van der Waals surface area contributed by atoms with Crippen molar-refractivity contribution in [2.45, 2.75) is 13.5 Å². The van der Waals surface area contributed by atoms with E-state index < -0.39 is 0 Å². The van der Waals surface area contributed by atoms with Crippen LogP contribution >= 0.6 is 0 Å². The van der Waals surface area contributed by atoms with Gasteiger partial charge >= 0.3 is 0 Å². The largest absolute Gasteiger partial charge is 0.384 e. The summed E-state index contributed by atoms with van der Waals surface area (Å²) in [6.45, 7) is 3.24. The molecule has 0 saturated heterocycles. The molecule has 1 N–H and O–H groups in total. The Morgan fingerprint density at radius 3 is 2.43 bits per heavy atom. The van der Waals surface area contributed by atoms with Crippen LogP contribution in [0, 0.1) is 17.7 Å². The van der Waals surface area contributed by atoms with Crippen LogP contribution in [0.3, 0.4) is 0 Å². The average molecular weight is 283 g/mol. The standard InChI is InChI=1S/C18H18FNO/c1-2-20(18-8-4-3-7-17(18)19)14-16-11-9-15(10-12-16)6-5-13-21/h3-4,7-12,21H,2,13-14H2,1H3. The molecule has 0 aliphatic carbocycles. The van der Waals surface area contributed by atoms with Gasteiger partial charge in [-0.15, -0.1) is 0 Å². The topological polar surface area (TPSA) is 23.5 Å². The fourth-order valence-corrected chi connectivity index (χ4v) is 2.13. The van der Waals surface area contributed by atoms with Gasteiger partial charge in [0.1, 0.15) is 12.4 Å². The third-order valence-corrected chi connectivity index (χ3v) is 3.21. The van der Waals surface area contributed by atoms with E-state index in [4.69, 9.17) is 5.11 Å². The summed E-state index contributed by atoms with van der Waals surface area (Å²) in [5.74, 6) is 5.27. The number of para-hydroxylation sites is 1. The van der Waals surface area contributed by atoms with Crippen LogP contribution in [-0.2, 0) is 6.54 Å². The van der Waals surface area contributed by atoms with Crippen LogP contribution in [0.4, 0.5) is 10.1 Å². The Morgan fingerprint density at radius 2 is 1.81 bits per heavy atom. The van der Waals surface area contributed by atoms with Gasteiger partial charge in [0.15, 0.2) is 0 Å². The Balaban J connectivity index is 2.14. The van der Waals surface area contributed by atoms with Crippen molar-refractivity contribution < 1.29 is 9.50 Å². The lowest BCUT2D eigenvalue weighted by molar-refractivity contribution is 0.350. The SMILES string of the molecule is CCN(Cc1ccc(C#CCO)cc1)c1ccccc1F. The molecular formula is C18H18FNO. The van der Waals surface area contributed by atoms with E-state index in [9.17, 15) is 4.39 Å². The van der Waals surface area contributed by atoms with Gasteiger partial charge in [0, 0.05) is 18.7 Å². The highest BCUT2D eigenvalue weighted by Gasteiger charge is 2.09. The van der Waals surface area contributed by atoms with Crippen LogP contribution in [0.1, 0.15) is 18.1 Å². The summed E-state index contributed by atoms with van der Waals surface area (Å²) in [5, 5.41) is 8.67. The summed E-state index contributed by atoms with van der Waals surface area (Å²) < 4.78 is 13.8. The maximum absolute atomic E-state index is 13.8. The molecule has 2 rings (SSSR count). The van der Waals surface area contributed by atoms with E-state index in [0.717, 1.165) is 17.7 Å². The van der Waals surface area contributed by atoms with Crippen LogP contribution in [0.2, 0.25) is 0 Å². The van der Waals surface area contributed by atoms with E-state index in [0.29, 0.717) is 12.2 Å². The number of anilines is 1. The summed E-state index contributed by atoms with van der Waals surface area (Å²) in [6, 6.07) is 14.6. The summed E-state index contributed by atoms with van der Waals surface area (Å²) >= 11 is 0. The van der Waals surface area contributed by atoms with E-state index in [2.05, 4.69) is 11.8 Å². The van der Waals surface area contributed by atoms with Crippen molar-refractivity contribution in [3.8, 4) is 11.8 Å². The fraction of sp³-hybridized carbons (Fsp3) is 0.222. The van der Waals surface area contributed by atoms with Gasteiger partial charge in [-0.2, -0.15) is 0 Å². The Morgan fingerprint density at radius 1 is 1.10 bits per heavy atom. The molecular weight excluding hydrogens is 265 g/mol. The average Bonchev–Trinajstić information content (AvgIpc) is 2.52. The first-order valence-electron chi connectivity index (χ1n) is 6.92. The Bertz CT molecular complexity index is 640. The lowest BCUT2D eigenvalue weighted by atomic mass is 10.1. The first-order chi connectivity index (χ1) is 10.2. The predicted octanol–water partition coefficient (Wildman–Crippen LogP) is 3.20. The normalized spacial score (nSPS) is 9.86. The van der Waals surface area contributed by atoms with E-state index in [1.807, 2.05) is 42.2 Å². The molecule has 2 aromatic carbocycles. The Labute approximate surface area is 124 Å². The lowest BCUT2D eigenvalue weighted by Gasteiger charge is -2.23. The predicted molar refractivity (Wildman–Crippen MR) is 83.5 cm³/mol. The van der Waals surface area contributed by atoms with Crippen LogP contribution in [0.15, 0.2) is 48.5 Å². The van der Waals surface area contributed by atoms with Crippen molar-refractivity contribution >= 4 is 5.69 Å². The molecule has 0 unspecified atom stereocenters. The molecule has 108 valence electrons. The highest BCUT2D eigenvalue weighted by atomic mass is 19.1. The zero-order valence-electron chi connectivity index (χ0n) is 12.0. The van der Waals surface area contributed by atoms with E-state index in [1.165, 1.54) is 6.07 Å². The molecule has 3 heteroatoms. The minimum atomic E-state index is -0.204. The highest BCUT2D eigenvalue weighted by Crippen LogP contribution is 2.20. The molecule has 2 nitrogen and oxygen atoms in total. The van der Waals surface area contributed by atoms with Gasteiger partial charge in [0.2, 0.25) is 0 Å². The molecule has 0 aromatic heterocycles. The number of aliphatic hydroxyl groups excluding tert-OH is 1. The fourth-order valence-electron chi connectivity index (χ4n) is 2.13. The molecule has 0 heterocycles. The lowest BCUT2D eigenvalue weighted by Crippen LogP contribution is -2.22. The smallest absolute Gasteiger partial charge is 0.146 e. The van der Waals surface area contributed by atoms with Gasteiger partial charge in [-0.05, 0) is 36.8 Å². The maximum atomic E-state index is 13.8. The van der Waals surface area contributed by atoms with Gasteiger partial charge in [-0.25, -0.2) is 4.39 Å². The zero-order chi connectivity index (χ0) is 15.1. The van der Waals surface area contributed by atoms with Crippen LogP contribution in [0.5, 0.6) is 0 Å². The quantitative estimate of drug-likeness (QED) is 0.871. The molecule has 0 spiro atoms. The number of nitrogens with zero attached hydrogens (tertiary/aromatic N) is 1. The molecule has 21 heavy (non-hydrogen) atoms. The summed E-state index contributed by atoms with van der Waals surface area (Å²) in [6.07, 6.45) is 0. The molecule has 0 amide bonds. The highest BCUT2D eigenvalue weighted by molar-refractivity contribution is 5.48. The second kappa shape index (κ2) is 7.47. The molecule has 0 bridgehead atoms. The minimum Gasteiger partial charge on any atom is -0.384 e. The number of benzene rings is 2. The van der Waals surface area contributed by atoms with Crippen molar-refractivity contribution in [2.75, 3.05) is 18.1 Å². The summed E-state index contributed by atoms with van der Waals surface area (Å²) in [4.78, 5) is 1.99. The van der Waals surface area contributed by atoms with Crippen LogP contribution in [-0.4, -0.2) is 18.3 Å². The van der Waals surface area contributed by atoms with Gasteiger partial charge in [0.05, 0.1) is 5.69 Å². The van der Waals surface area contributed by atoms with Crippen molar-refractivity contribution in [3.05, 3.63) is 65.5 Å². The van der Waals surface area contributed by atoms with Gasteiger partial charge in [-0.1, -0.05) is 36.1 Å². The Hall–Kier alpha value is -2.31. The summed E-state index contributed by atoms with van der Waals surface area (Å²) in [5.41, 5.74) is 2.57. The number of rotatable bonds is 4. The zero-order valence-corrected chi connectivity index (χ0v) is 12.0. The number of hydrogen-bond donors (Lipinski definition) is 1. The molecule has 2 aromatic rings. The van der Waals surface area contributed by atoms with Gasteiger partial charge in [0.25, 0.3) is 0 Å². The Kier molecular flexibility index (Phi) is 5.36. The molecule has 0 radical (unpaired) electrons. The van der Waals surface area contributed by atoms with Gasteiger partial charge in [-0.3, -0.25) is 0 Å².